The number of aromatic carboxylic acids is 1. The average molecular weight is 379 g/mol. The van der Waals surface area contributed by atoms with E-state index in [0.29, 0.717) is 16.9 Å². The second-order valence-corrected chi connectivity index (χ2v) is 8.35. The molecule has 0 saturated carbocycles. The van der Waals surface area contributed by atoms with Gasteiger partial charge in [0.1, 0.15) is 17.1 Å². The van der Waals surface area contributed by atoms with E-state index in [1.54, 1.807) is 20.9 Å². The highest BCUT2D eigenvalue weighted by Crippen LogP contribution is 2.22. The predicted molar refractivity (Wildman–Crippen MR) is 95.2 cm³/mol. The zero-order valence-electron chi connectivity index (χ0n) is 15.3. The number of furan rings is 1. The Morgan fingerprint density at radius 2 is 1.73 bits per heavy atom. The maximum atomic E-state index is 12.8. The van der Waals surface area contributed by atoms with Gasteiger partial charge in [-0.05, 0) is 50.1 Å². The molecular formula is C18H21NO6S. The minimum atomic E-state index is -3.45. The van der Waals surface area contributed by atoms with Crippen molar-refractivity contribution in [3.05, 3.63) is 52.0 Å². The average Bonchev–Trinajstić information content (AvgIpc) is 2.88. The highest BCUT2D eigenvalue weighted by Gasteiger charge is 2.21. The van der Waals surface area contributed by atoms with Crippen LogP contribution in [0.15, 0.2) is 27.5 Å². The van der Waals surface area contributed by atoms with Crippen LogP contribution in [0.25, 0.3) is 0 Å². The van der Waals surface area contributed by atoms with Crippen molar-refractivity contribution in [1.82, 2.24) is 4.90 Å². The van der Waals surface area contributed by atoms with Gasteiger partial charge in [0.2, 0.25) is 0 Å². The van der Waals surface area contributed by atoms with Crippen LogP contribution in [0.1, 0.15) is 43.4 Å². The molecule has 0 bridgehead atoms. The van der Waals surface area contributed by atoms with E-state index in [2.05, 4.69) is 0 Å². The summed E-state index contributed by atoms with van der Waals surface area (Å²) in [5, 5.41) is 9.08. The summed E-state index contributed by atoms with van der Waals surface area (Å²) in [6.45, 7) is 5.10. The molecule has 2 aromatic rings. The Labute approximate surface area is 152 Å². The molecule has 0 saturated heterocycles. The maximum absolute atomic E-state index is 12.8. The Bertz CT molecular complexity index is 987. The number of sulfone groups is 1. The van der Waals surface area contributed by atoms with Crippen molar-refractivity contribution in [2.24, 2.45) is 0 Å². The van der Waals surface area contributed by atoms with Crippen molar-refractivity contribution < 1.29 is 27.5 Å². The maximum Gasteiger partial charge on any atom is 0.339 e. The SMILES string of the molecule is Cc1cc(S(C)(=O)=O)cc(C(=O)N(C)Cc2cc(C(=O)O)c(C)o2)c1C. The first-order chi connectivity index (χ1) is 11.9. The summed E-state index contributed by atoms with van der Waals surface area (Å²) in [6, 6.07) is 4.29. The van der Waals surface area contributed by atoms with Crippen LogP contribution < -0.4 is 0 Å². The fourth-order valence-electron chi connectivity index (χ4n) is 2.61. The number of carbonyl (C=O) groups is 2. The van der Waals surface area contributed by atoms with Crippen molar-refractivity contribution in [2.75, 3.05) is 13.3 Å². The van der Waals surface area contributed by atoms with Gasteiger partial charge in [0.25, 0.3) is 5.91 Å². The first kappa shape index (κ1) is 19.7. The lowest BCUT2D eigenvalue weighted by Gasteiger charge is -2.18. The van der Waals surface area contributed by atoms with Gasteiger partial charge in [0.15, 0.2) is 9.84 Å². The van der Waals surface area contributed by atoms with E-state index in [1.807, 2.05) is 0 Å². The summed E-state index contributed by atoms with van der Waals surface area (Å²) in [6.07, 6.45) is 1.09. The van der Waals surface area contributed by atoms with E-state index in [-0.39, 0.29) is 34.2 Å². The van der Waals surface area contributed by atoms with Gasteiger partial charge >= 0.3 is 5.97 Å². The Morgan fingerprint density at radius 3 is 2.23 bits per heavy atom. The third kappa shape index (κ3) is 3.96. The summed E-state index contributed by atoms with van der Waals surface area (Å²) in [4.78, 5) is 25.3. The van der Waals surface area contributed by atoms with Crippen molar-refractivity contribution in [2.45, 2.75) is 32.2 Å². The van der Waals surface area contributed by atoms with E-state index in [1.165, 1.54) is 30.0 Å². The summed E-state index contributed by atoms with van der Waals surface area (Å²) >= 11 is 0. The number of benzene rings is 1. The fourth-order valence-corrected chi connectivity index (χ4v) is 3.33. The van der Waals surface area contributed by atoms with Crippen LogP contribution in [0.5, 0.6) is 0 Å². The monoisotopic (exact) mass is 379 g/mol. The Hall–Kier alpha value is -2.61. The largest absolute Gasteiger partial charge is 0.478 e. The highest BCUT2D eigenvalue weighted by molar-refractivity contribution is 7.90. The van der Waals surface area contributed by atoms with Gasteiger partial charge in [-0.25, -0.2) is 13.2 Å². The third-order valence-electron chi connectivity index (χ3n) is 4.24. The highest BCUT2D eigenvalue weighted by atomic mass is 32.2. The molecule has 7 nitrogen and oxygen atoms in total. The topological polar surface area (TPSA) is 105 Å². The lowest BCUT2D eigenvalue weighted by molar-refractivity contribution is 0.0694. The fraction of sp³-hybridized carbons (Fsp3) is 0.333. The number of carbonyl (C=O) groups excluding carboxylic acids is 1. The number of amides is 1. The molecule has 0 radical (unpaired) electrons. The molecule has 0 aliphatic carbocycles. The molecular weight excluding hydrogens is 358 g/mol. The lowest BCUT2D eigenvalue weighted by Crippen LogP contribution is -2.27. The molecule has 140 valence electrons. The third-order valence-corrected chi connectivity index (χ3v) is 5.33. The van der Waals surface area contributed by atoms with E-state index >= 15 is 0 Å². The standard InChI is InChI=1S/C18H21NO6S/c1-10-6-14(26(5,23)24)8-15(11(10)2)17(20)19(4)9-13-7-16(18(21)22)12(3)25-13/h6-8H,9H2,1-5H3,(H,21,22). The first-order valence-electron chi connectivity index (χ1n) is 7.81. The molecule has 1 aromatic heterocycles. The summed E-state index contributed by atoms with van der Waals surface area (Å²) in [7, 11) is -1.90. The van der Waals surface area contributed by atoms with Crippen LogP contribution in [0.2, 0.25) is 0 Å². The van der Waals surface area contributed by atoms with Crippen LogP contribution in [0, 0.1) is 20.8 Å². The molecule has 1 heterocycles. The van der Waals surface area contributed by atoms with Gasteiger partial charge in [-0.3, -0.25) is 4.79 Å². The Balaban J connectivity index is 2.35. The normalized spacial score (nSPS) is 11.4. The van der Waals surface area contributed by atoms with Crippen molar-refractivity contribution in [3.8, 4) is 0 Å². The van der Waals surface area contributed by atoms with E-state index in [4.69, 9.17) is 9.52 Å². The van der Waals surface area contributed by atoms with Gasteiger partial charge in [-0.2, -0.15) is 0 Å². The van der Waals surface area contributed by atoms with Gasteiger partial charge in [-0.15, -0.1) is 0 Å². The minimum Gasteiger partial charge on any atom is -0.478 e. The molecule has 1 aromatic carbocycles. The zero-order valence-corrected chi connectivity index (χ0v) is 16.1. The smallest absolute Gasteiger partial charge is 0.339 e. The molecule has 0 unspecified atom stereocenters. The van der Waals surface area contributed by atoms with Gasteiger partial charge < -0.3 is 14.4 Å². The molecule has 0 fully saturated rings. The second-order valence-electron chi connectivity index (χ2n) is 6.33. The van der Waals surface area contributed by atoms with E-state index in [0.717, 1.165) is 6.26 Å². The molecule has 2 rings (SSSR count). The van der Waals surface area contributed by atoms with Crippen LogP contribution in [-0.2, 0) is 16.4 Å². The molecule has 26 heavy (non-hydrogen) atoms. The van der Waals surface area contributed by atoms with Crippen molar-refractivity contribution >= 4 is 21.7 Å². The van der Waals surface area contributed by atoms with Crippen LogP contribution in [0.3, 0.4) is 0 Å². The molecule has 0 aliphatic heterocycles. The summed E-state index contributed by atoms with van der Waals surface area (Å²) < 4.78 is 29.1. The number of rotatable bonds is 5. The van der Waals surface area contributed by atoms with Crippen LogP contribution >= 0.6 is 0 Å². The Kier molecular flexibility index (Phi) is 5.27. The molecule has 1 amide bonds. The quantitative estimate of drug-likeness (QED) is 0.856. The van der Waals surface area contributed by atoms with Crippen LogP contribution in [-0.4, -0.2) is 43.6 Å². The Morgan fingerprint density at radius 1 is 1.12 bits per heavy atom. The first-order valence-corrected chi connectivity index (χ1v) is 9.70. The number of nitrogens with zero attached hydrogens (tertiary/aromatic N) is 1. The van der Waals surface area contributed by atoms with Gasteiger partial charge in [0, 0.05) is 18.9 Å². The molecule has 0 atom stereocenters. The minimum absolute atomic E-state index is 0.0481. The molecule has 1 N–H and O–H groups in total. The summed E-state index contributed by atoms with van der Waals surface area (Å²) in [5.74, 6) is -0.871. The number of hydrogen-bond acceptors (Lipinski definition) is 5. The number of carboxylic acid groups (broad SMARTS) is 1. The summed E-state index contributed by atoms with van der Waals surface area (Å²) in [5.41, 5.74) is 1.73. The number of aryl methyl sites for hydroxylation is 2. The van der Waals surface area contributed by atoms with Gasteiger partial charge in [0.05, 0.1) is 11.4 Å². The molecule has 0 spiro atoms. The van der Waals surface area contributed by atoms with E-state index < -0.39 is 15.8 Å². The zero-order chi connectivity index (χ0) is 19.8. The number of hydrogen-bond donors (Lipinski definition) is 1. The van der Waals surface area contributed by atoms with Gasteiger partial charge in [-0.1, -0.05) is 0 Å². The predicted octanol–water partition coefficient (Wildman–Crippen LogP) is 2.58. The second kappa shape index (κ2) is 6.95. The van der Waals surface area contributed by atoms with Crippen LogP contribution in [0.4, 0.5) is 0 Å². The molecule has 0 aliphatic rings. The van der Waals surface area contributed by atoms with Crippen molar-refractivity contribution in [3.63, 3.8) is 0 Å². The number of carboxylic acids is 1. The van der Waals surface area contributed by atoms with Crippen molar-refractivity contribution in [1.29, 1.82) is 0 Å². The molecule has 8 heteroatoms. The van der Waals surface area contributed by atoms with E-state index in [9.17, 15) is 18.0 Å². The lowest BCUT2D eigenvalue weighted by atomic mass is 10.0.